The van der Waals surface area contributed by atoms with Crippen LogP contribution in [-0.4, -0.2) is 25.1 Å². The molecule has 0 saturated carbocycles. The van der Waals surface area contributed by atoms with Crippen molar-refractivity contribution in [2.24, 2.45) is 5.73 Å². The van der Waals surface area contributed by atoms with Crippen LogP contribution in [-0.2, 0) is 14.3 Å². The van der Waals surface area contributed by atoms with Gasteiger partial charge in [0.15, 0.2) is 6.61 Å². The van der Waals surface area contributed by atoms with Gasteiger partial charge in [-0.1, -0.05) is 6.07 Å². The zero-order valence-corrected chi connectivity index (χ0v) is 9.22. The summed E-state index contributed by atoms with van der Waals surface area (Å²) < 4.78 is 9.84. The van der Waals surface area contributed by atoms with Gasteiger partial charge in [-0.25, -0.2) is 4.79 Å². The van der Waals surface area contributed by atoms with Crippen molar-refractivity contribution < 1.29 is 19.1 Å². The number of hydrogen-bond donors (Lipinski definition) is 2. The van der Waals surface area contributed by atoms with E-state index in [-0.39, 0.29) is 19.6 Å². The maximum atomic E-state index is 11.2. The molecule has 1 rings (SSSR count). The Morgan fingerprint density at radius 1 is 1.29 bits per heavy atom. The predicted molar refractivity (Wildman–Crippen MR) is 61.1 cm³/mol. The second-order valence-electron chi connectivity index (χ2n) is 3.30. The van der Waals surface area contributed by atoms with Crippen molar-refractivity contribution in [1.29, 1.82) is 0 Å². The highest BCUT2D eigenvalue weighted by atomic mass is 16.6. The lowest BCUT2D eigenvalue weighted by Crippen LogP contribution is -2.19. The van der Waals surface area contributed by atoms with Crippen LogP contribution in [0.5, 0.6) is 5.75 Å². The van der Waals surface area contributed by atoms with Gasteiger partial charge in [0.25, 0.3) is 0 Å². The first-order valence-electron chi connectivity index (χ1n) is 5.00. The van der Waals surface area contributed by atoms with Gasteiger partial charge in [-0.2, -0.15) is 0 Å². The fourth-order valence-electron chi connectivity index (χ4n) is 1.05. The lowest BCUT2D eigenvalue weighted by molar-refractivity contribution is -0.146. The van der Waals surface area contributed by atoms with Crippen molar-refractivity contribution >= 4 is 17.6 Å². The molecule has 0 heterocycles. The van der Waals surface area contributed by atoms with Crippen molar-refractivity contribution in [1.82, 2.24) is 0 Å². The summed E-state index contributed by atoms with van der Waals surface area (Å²) in [5, 5.41) is 0. The number of benzene rings is 1. The molecular weight excluding hydrogens is 224 g/mol. The molecule has 0 aromatic heterocycles. The van der Waals surface area contributed by atoms with Gasteiger partial charge in [-0.05, 0) is 12.1 Å². The fourth-order valence-corrected chi connectivity index (χ4v) is 1.05. The minimum absolute atomic E-state index is 0.00399. The van der Waals surface area contributed by atoms with E-state index in [4.69, 9.17) is 20.9 Å². The molecule has 0 spiro atoms. The quantitative estimate of drug-likeness (QED) is 0.539. The topological polar surface area (TPSA) is 105 Å². The molecule has 0 atom stereocenters. The number of carbonyl (C=O) groups excluding carboxylic acids is 2. The van der Waals surface area contributed by atoms with Crippen LogP contribution in [0.4, 0.5) is 5.69 Å². The lowest BCUT2D eigenvalue weighted by Gasteiger charge is -2.06. The van der Waals surface area contributed by atoms with Crippen LogP contribution in [0.2, 0.25) is 0 Å². The summed E-state index contributed by atoms with van der Waals surface area (Å²) in [4.78, 5) is 21.5. The monoisotopic (exact) mass is 238 g/mol. The van der Waals surface area contributed by atoms with E-state index in [2.05, 4.69) is 0 Å². The van der Waals surface area contributed by atoms with Crippen molar-refractivity contribution in [3.63, 3.8) is 0 Å². The lowest BCUT2D eigenvalue weighted by atomic mass is 10.3. The number of anilines is 1. The normalized spacial score (nSPS) is 9.65. The molecule has 0 aliphatic rings. The Balaban J connectivity index is 2.26. The van der Waals surface area contributed by atoms with E-state index in [1.165, 1.54) is 0 Å². The fraction of sp³-hybridized carbons (Fsp3) is 0.273. The average Bonchev–Trinajstić information content (AvgIpc) is 2.26. The van der Waals surface area contributed by atoms with Crippen molar-refractivity contribution in [2.45, 2.75) is 6.42 Å². The molecule has 6 heteroatoms. The van der Waals surface area contributed by atoms with Gasteiger partial charge < -0.3 is 20.9 Å². The van der Waals surface area contributed by atoms with Gasteiger partial charge in [0.1, 0.15) is 12.4 Å². The molecule has 0 saturated heterocycles. The van der Waals surface area contributed by atoms with Gasteiger partial charge in [-0.3, -0.25) is 4.79 Å². The Hall–Kier alpha value is -2.24. The molecule has 6 nitrogen and oxygen atoms in total. The SMILES string of the molecule is NC(=O)CCOC(=O)COc1cccc(N)c1. The summed E-state index contributed by atoms with van der Waals surface area (Å²) in [6, 6.07) is 6.69. The summed E-state index contributed by atoms with van der Waals surface area (Å²) in [5.41, 5.74) is 11.0. The number of nitrogens with two attached hydrogens (primary N) is 2. The summed E-state index contributed by atoms with van der Waals surface area (Å²) in [6.07, 6.45) is 0.00399. The highest BCUT2D eigenvalue weighted by Gasteiger charge is 2.05. The molecule has 0 radical (unpaired) electrons. The molecule has 0 aliphatic carbocycles. The number of ether oxygens (including phenoxy) is 2. The summed E-state index contributed by atoms with van der Waals surface area (Å²) in [6.45, 7) is -0.267. The van der Waals surface area contributed by atoms with E-state index in [1.54, 1.807) is 24.3 Å². The molecule has 92 valence electrons. The first-order chi connectivity index (χ1) is 8.08. The molecule has 0 bridgehead atoms. The molecule has 0 unspecified atom stereocenters. The van der Waals surface area contributed by atoms with Crippen LogP contribution >= 0.6 is 0 Å². The second-order valence-corrected chi connectivity index (χ2v) is 3.30. The van der Waals surface area contributed by atoms with Crippen LogP contribution in [0.3, 0.4) is 0 Å². The molecule has 0 aliphatic heterocycles. The zero-order valence-electron chi connectivity index (χ0n) is 9.22. The van der Waals surface area contributed by atoms with Crippen molar-refractivity contribution in [3.05, 3.63) is 24.3 Å². The number of rotatable bonds is 6. The Kier molecular flexibility index (Phi) is 4.80. The molecule has 17 heavy (non-hydrogen) atoms. The third-order valence-electron chi connectivity index (χ3n) is 1.83. The number of nitrogen functional groups attached to an aromatic ring is 1. The van der Waals surface area contributed by atoms with Gasteiger partial charge in [0.05, 0.1) is 6.42 Å². The molecule has 4 N–H and O–H groups in total. The number of esters is 1. The number of amides is 1. The van der Waals surface area contributed by atoms with E-state index in [1.807, 2.05) is 0 Å². The average molecular weight is 238 g/mol. The summed E-state index contributed by atoms with van der Waals surface area (Å²) in [5.74, 6) is -0.597. The van der Waals surface area contributed by atoms with E-state index < -0.39 is 11.9 Å². The van der Waals surface area contributed by atoms with Gasteiger partial charge in [0, 0.05) is 11.8 Å². The third kappa shape index (κ3) is 5.41. The maximum absolute atomic E-state index is 11.2. The Bertz CT molecular complexity index is 406. The molecule has 1 amide bonds. The minimum atomic E-state index is -0.561. The van der Waals surface area contributed by atoms with Crippen LogP contribution in [0.1, 0.15) is 6.42 Å². The third-order valence-corrected chi connectivity index (χ3v) is 1.83. The highest BCUT2D eigenvalue weighted by Crippen LogP contribution is 2.14. The minimum Gasteiger partial charge on any atom is -0.482 e. The molecular formula is C11H14N2O4. The van der Waals surface area contributed by atoms with E-state index in [0.29, 0.717) is 11.4 Å². The van der Waals surface area contributed by atoms with Gasteiger partial charge >= 0.3 is 5.97 Å². The smallest absolute Gasteiger partial charge is 0.344 e. The molecule has 1 aromatic rings. The largest absolute Gasteiger partial charge is 0.482 e. The maximum Gasteiger partial charge on any atom is 0.344 e. The van der Waals surface area contributed by atoms with Gasteiger partial charge in [-0.15, -0.1) is 0 Å². The molecule has 0 fully saturated rings. The van der Waals surface area contributed by atoms with E-state index >= 15 is 0 Å². The standard InChI is InChI=1S/C11H14N2O4/c12-8-2-1-3-9(6-8)17-7-11(15)16-5-4-10(13)14/h1-3,6H,4-5,7,12H2,(H2,13,14). The summed E-state index contributed by atoms with van der Waals surface area (Å²) in [7, 11) is 0. The first-order valence-corrected chi connectivity index (χ1v) is 5.00. The van der Waals surface area contributed by atoms with Crippen LogP contribution in [0.15, 0.2) is 24.3 Å². The van der Waals surface area contributed by atoms with Crippen molar-refractivity contribution in [2.75, 3.05) is 18.9 Å². The Morgan fingerprint density at radius 2 is 2.06 bits per heavy atom. The van der Waals surface area contributed by atoms with Gasteiger partial charge in [0.2, 0.25) is 5.91 Å². The number of hydrogen-bond acceptors (Lipinski definition) is 5. The van der Waals surface area contributed by atoms with Crippen LogP contribution < -0.4 is 16.2 Å². The Labute approximate surface area is 98.5 Å². The summed E-state index contributed by atoms with van der Waals surface area (Å²) >= 11 is 0. The highest BCUT2D eigenvalue weighted by molar-refractivity contribution is 5.75. The number of primary amides is 1. The molecule has 1 aromatic carbocycles. The van der Waals surface area contributed by atoms with E-state index in [0.717, 1.165) is 0 Å². The predicted octanol–water partition coefficient (Wildman–Crippen LogP) is 0.0662. The second kappa shape index (κ2) is 6.37. The van der Waals surface area contributed by atoms with Crippen LogP contribution in [0.25, 0.3) is 0 Å². The first kappa shape index (κ1) is 12.8. The van der Waals surface area contributed by atoms with Crippen molar-refractivity contribution in [3.8, 4) is 5.75 Å². The number of carbonyl (C=O) groups is 2. The Morgan fingerprint density at radius 3 is 2.71 bits per heavy atom. The zero-order chi connectivity index (χ0) is 12.7. The van der Waals surface area contributed by atoms with E-state index in [9.17, 15) is 9.59 Å². The van der Waals surface area contributed by atoms with Crippen LogP contribution in [0, 0.1) is 0 Å².